The fraction of sp³-hybridized carbons (Fsp3) is 0.136. The number of nitrogens with one attached hydrogen (secondary N) is 2. The van der Waals surface area contributed by atoms with Crippen molar-refractivity contribution in [3.8, 4) is 17.0 Å². The van der Waals surface area contributed by atoms with Gasteiger partial charge in [0.25, 0.3) is 5.91 Å². The maximum Gasteiger partial charge on any atom is 0.251 e. The lowest BCUT2D eigenvalue weighted by Gasteiger charge is -2.12. The van der Waals surface area contributed by atoms with Crippen molar-refractivity contribution in [1.29, 1.82) is 0 Å². The highest BCUT2D eigenvalue weighted by atomic mass is 79.9. The van der Waals surface area contributed by atoms with E-state index in [1.165, 1.54) is 0 Å². The van der Waals surface area contributed by atoms with E-state index in [0.717, 1.165) is 16.7 Å². The maximum absolute atomic E-state index is 12.1. The Bertz CT molecular complexity index is 1180. The highest BCUT2D eigenvalue weighted by molar-refractivity contribution is 9.10. The van der Waals surface area contributed by atoms with Crippen LogP contribution in [-0.4, -0.2) is 38.7 Å². The number of phenolic OH excluding ortho intramolecular Hbond substituents is 1. The summed E-state index contributed by atoms with van der Waals surface area (Å²) in [4.78, 5) is 16.7. The third kappa shape index (κ3) is 4.28. The van der Waals surface area contributed by atoms with E-state index in [1.54, 1.807) is 35.0 Å². The largest absolute Gasteiger partial charge is 0.507 e. The van der Waals surface area contributed by atoms with Gasteiger partial charge in [0.05, 0.1) is 16.4 Å². The summed E-state index contributed by atoms with van der Waals surface area (Å²) >= 11 is 3.47. The van der Waals surface area contributed by atoms with E-state index in [4.69, 9.17) is 0 Å². The molecule has 1 amide bonds. The minimum absolute atomic E-state index is 0.0836. The van der Waals surface area contributed by atoms with Gasteiger partial charge in [-0.15, -0.1) is 0 Å². The van der Waals surface area contributed by atoms with Gasteiger partial charge in [0.1, 0.15) is 11.6 Å². The first-order valence-electron chi connectivity index (χ1n) is 9.53. The van der Waals surface area contributed by atoms with Crippen molar-refractivity contribution < 1.29 is 9.90 Å². The van der Waals surface area contributed by atoms with Crippen molar-refractivity contribution in [2.24, 2.45) is 0 Å². The Labute approximate surface area is 181 Å². The number of anilines is 1. The van der Waals surface area contributed by atoms with Gasteiger partial charge in [-0.05, 0) is 46.6 Å². The van der Waals surface area contributed by atoms with Crippen molar-refractivity contribution in [2.75, 3.05) is 18.4 Å². The van der Waals surface area contributed by atoms with Crippen LogP contribution < -0.4 is 10.6 Å². The summed E-state index contributed by atoms with van der Waals surface area (Å²) in [6.07, 6.45) is 2.42. The number of fused-ring (bicyclic) bond motifs is 1. The predicted molar refractivity (Wildman–Crippen MR) is 120 cm³/mol. The van der Waals surface area contributed by atoms with Crippen molar-refractivity contribution in [3.63, 3.8) is 0 Å². The molecule has 0 aliphatic carbocycles. The molecular weight excluding hydrogens is 446 g/mol. The molecule has 0 fully saturated rings. The lowest BCUT2D eigenvalue weighted by molar-refractivity contribution is 0.0953. The first-order chi connectivity index (χ1) is 14.6. The van der Waals surface area contributed by atoms with Gasteiger partial charge in [-0.2, -0.15) is 9.61 Å². The van der Waals surface area contributed by atoms with E-state index in [-0.39, 0.29) is 11.7 Å². The van der Waals surface area contributed by atoms with Gasteiger partial charge in [-0.25, -0.2) is 4.98 Å². The molecule has 0 saturated carbocycles. The number of carbonyl (C=O) groups excluding carboxylic acids is 1. The number of hydrogen-bond acceptors (Lipinski definition) is 5. The number of para-hydroxylation sites is 1. The molecule has 152 valence electrons. The Morgan fingerprint density at radius 2 is 1.83 bits per heavy atom. The van der Waals surface area contributed by atoms with Crippen LogP contribution in [0.25, 0.3) is 16.9 Å². The number of carbonyl (C=O) groups is 1. The molecule has 0 aliphatic heterocycles. The van der Waals surface area contributed by atoms with Crippen LogP contribution >= 0.6 is 15.9 Å². The number of hydrogen-bond donors (Lipinski definition) is 3. The van der Waals surface area contributed by atoms with Gasteiger partial charge >= 0.3 is 0 Å². The molecule has 8 heteroatoms. The lowest BCUT2D eigenvalue weighted by Crippen LogP contribution is -2.25. The minimum Gasteiger partial charge on any atom is -0.507 e. The predicted octanol–water partition coefficient (Wildman–Crippen LogP) is 4.10. The van der Waals surface area contributed by atoms with Gasteiger partial charge in [-0.3, -0.25) is 4.79 Å². The zero-order chi connectivity index (χ0) is 20.9. The third-order valence-electron chi connectivity index (χ3n) is 4.59. The second kappa shape index (κ2) is 8.96. The molecule has 2 heterocycles. The maximum atomic E-state index is 12.1. The number of phenols is 1. The normalized spacial score (nSPS) is 10.8. The standard InChI is InChI=1S/C22H20BrN5O2/c23-17-14-26-28-20(13-18(27-21(17)28)16-9-4-5-10-19(16)29)24-11-6-12-25-22(30)15-7-2-1-3-8-15/h1-5,7-10,13-14,24,29H,6,11-12H2,(H,25,30). The van der Waals surface area contributed by atoms with Crippen molar-refractivity contribution >= 4 is 33.3 Å². The zero-order valence-electron chi connectivity index (χ0n) is 16.0. The van der Waals surface area contributed by atoms with Crippen LogP contribution in [0.4, 0.5) is 5.82 Å². The number of nitrogens with zero attached hydrogens (tertiary/aromatic N) is 3. The Kier molecular flexibility index (Phi) is 5.94. The summed E-state index contributed by atoms with van der Waals surface area (Å²) in [7, 11) is 0. The van der Waals surface area contributed by atoms with Gasteiger partial charge in [0.2, 0.25) is 0 Å². The number of aromatic nitrogens is 3. The topological polar surface area (TPSA) is 91.5 Å². The summed E-state index contributed by atoms with van der Waals surface area (Å²) in [5.74, 6) is 0.831. The summed E-state index contributed by atoms with van der Waals surface area (Å²) in [5, 5.41) is 20.8. The molecule has 0 saturated heterocycles. The fourth-order valence-electron chi connectivity index (χ4n) is 3.09. The molecule has 2 aromatic carbocycles. The fourth-order valence-corrected chi connectivity index (χ4v) is 3.44. The number of halogens is 1. The molecular formula is C22H20BrN5O2. The molecule has 3 N–H and O–H groups in total. The first kappa shape index (κ1) is 19.9. The van der Waals surface area contributed by atoms with E-state index in [1.807, 2.05) is 36.4 Å². The number of amides is 1. The second-order valence-electron chi connectivity index (χ2n) is 6.67. The molecule has 0 radical (unpaired) electrons. The summed E-state index contributed by atoms with van der Waals surface area (Å²) in [5.41, 5.74) is 2.58. The Balaban J connectivity index is 1.45. The quantitative estimate of drug-likeness (QED) is 0.357. The van der Waals surface area contributed by atoms with Crippen LogP contribution in [0.5, 0.6) is 5.75 Å². The minimum atomic E-state index is -0.0836. The highest BCUT2D eigenvalue weighted by Gasteiger charge is 2.13. The average molecular weight is 466 g/mol. The van der Waals surface area contributed by atoms with Crippen LogP contribution in [0.3, 0.4) is 0 Å². The molecule has 0 bridgehead atoms. The van der Waals surface area contributed by atoms with Crippen LogP contribution in [0.2, 0.25) is 0 Å². The molecule has 0 spiro atoms. The summed E-state index contributed by atoms with van der Waals surface area (Å²) in [6, 6.07) is 18.1. The smallest absolute Gasteiger partial charge is 0.251 e. The molecule has 0 aliphatic rings. The van der Waals surface area contributed by atoms with E-state index in [9.17, 15) is 9.90 Å². The zero-order valence-corrected chi connectivity index (χ0v) is 17.6. The number of rotatable bonds is 7. The monoisotopic (exact) mass is 465 g/mol. The Morgan fingerprint density at radius 3 is 2.63 bits per heavy atom. The van der Waals surface area contributed by atoms with Crippen molar-refractivity contribution in [1.82, 2.24) is 19.9 Å². The molecule has 0 unspecified atom stereocenters. The Hall–Kier alpha value is -3.39. The number of benzene rings is 2. The average Bonchev–Trinajstić information content (AvgIpc) is 3.15. The SMILES string of the molecule is O=C(NCCCNc1cc(-c2ccccc2O)nc2c(Br)cnn12)c1ccccc1. The van der Waals surface area contributed by atoms with E-state index in [2.05, 4.69) is 36.6 Å². The van der Waals surface area contributed by atoms with Crippen LogP contribution in [0.1, 0.15) is 16.8 Å². The van der Waals surface area contributed by atoms with E-state index < -0.39 is 0 Å². The van der Waals surface area contributed by atoms with E-state index >= 15 is 0 Å². The summed E-state index contributed by atoms with van der Waals surface area (Å²) in [6.45, 7) is 1.18. The van der Waals surface area contributed by atoms with Crippen molar-refractivity contribution in [2.45, 2.75) is 6.42 Å². The Morgan fingerprint density at radius 1 is 1.07 bits per heavy atom. The molecule has 2 aromatic heterocycles. The van der Waals surface area contributed by atoms with Crippen LogP contribution in [0.15, 0.2) is 71.3 Å². The van der Waals surface area contributed by atoms with E-state index in [0.29, 0.717) is 35.6 Å². The molecule has 4 aromatic rings. The highest BCUT2D eigenvalue weighted by Crippen LogP contribution is 2.30. The third-order valence-corrected chi connectivity index (χ3v) is 5.15. The van der Waals surface area contributed by atoms with Gasteiger partial charge < -0.3 is 15.7 Å². The van der Waals surface area contributed by atoms with Gasteiger partial charge in [0.15, 0.2) is 5.65 Å². The summed E-state index contributed by atoms with van der Waals surface area (Å²) < 4.78 is 2.47. The molecule has 0 atom stereocenters. The molecule has 4 rings (SSSR count). The van der Waals surface area contributed by atoms with Crippen LogP contribution in [0, 0.1) is 0 Å². The number of aromatic hydroxyl groups is 1. The first-order valence-corrected chi connectivity index (χ1v) is 10.3. The van der Waals surface area contributed by atoms with Crippen molar-refractivity contribution in [3.05, 3.63) is 76.9 Å². The molecule has 30 heavy (non-hydrogen) atoms. The lowest BCUT2D eigenvalue weighted by atomic mass is 10.1. The molecule has 7 nitrogen and oxygen atoms in total. The second-order valence-corrected chi connectivity index (χ2v) is 7.53. The van der Waals surface area contributed by atoms with Gasteiger partial charge in [-0.1, -0.05) is 30.3 Å². The van der Waals surface area contributed by atoms with Gasteiger partial charge in [0, 0.05) is 30.3 Å². The van der Waals surface area contributed by atoms with Crippen LogP contribution in [-0.2, 0) is 0 Å².